The maximum Gasteiger partial charge on any atom is 0.328 e. The number of fused-ring (bicyclic) bond motifs is 3. The van der Waals surface area contributed by atoms with Gasteiger partial charge in [0.25, 0.3) is 0 Å². The smallest absolute Gasteiger partial charge is 0.328 e. The van der Waals surface area contributed by atoms with Gasteiger partial charge in [-0.3, -0.25) is 4.90 Å². The number of aliphatic carboxylic acids is 1. The van der Waals surface area contributed by atoms with Crippen LogP contribution in [0.5, 0.6) is 0 Å². The second-order valence-corrected chi connectivity index (χ2v) is 8.57. The molecule has 0 amide bonds. The first-order chi connectivity index (χ1) is 14.6. The second-order valence-electron chi connectivity index (χ2n) is 8.57. The lowest BCUT2D eigenvalue weighted by atomic mass is 9.90. The number of halogens is 2. The maximum absolute atomic E-state index is 15.3. The highest BCUT2D eigenvalue weighted by Crippen LogP contribution is 2.41. The number of para-hydroxylation sites is 1. The Morgan fingerprint density at radius 1 is 1.26 bits per heavy atom. The van der Waals surface area contributed by atoms with Crippen LogP contribution in [0.15, 0.2) is 42.5 Å². The maximum atomic E-state index is 15.3. The zero-order valence-electron chi connectivity index (χ0n) is 17.3. The van der Waals surface area contributed by atoms with Crippen molar-refractivity contribution in [2.24, 2.45) is 0 Å². The van der Waals surface area contributed by atoms with Crippen LogP contribution in [0.3, 0.4) is 0 Å². The zero-order valence-corrected chi connectivity index (χ0v) is 17.3. The number of aromatic amines is 1. The highest BCUT2D eigenvalue weighted by atomic mass is 19.1. The average molecular weight is 426 g/mol. The van der Waals surface area contributed by atoms with E-state index >= 15 is 8.78 Å². The first kappa shape index (κ1) is 21.2. The summed E-state index contributed by atoms with van der Waals surface area (Å²) in [7, 11) is 0. The summed E-state index contributed by atoms with van der Waals surface area (Å²) in [6.07, 6.45) is 2.68. The van der Waals surface area contributed by atoms with E-state index in [2.05, 4.69) is 4.98 Å². The Morgan fingerprint density at radius 2 is 1.94 bits per heavy atom. The van der Waals surface area contributed by atoms with Crippen LogP contribution in [0.1, 0.15) is 42.3 Å². The van der Waals surface area contributed by atoms with E-state index in [0.717, 1.165) is 40.8 Å². The van der Waals surface area contributed by atoms with E-state index in [0.29, 0.717) is 18.7 Å². The van der Waals surface area contributed by atoms with E-state index in [4.69, 9.17) is 5.11 Å². The largest absolute Gasteiger partial charge is 0.478 e. The molecule has 1 aliphatic rings. The Bertz CT molecular complexity index is 1150. The van der Waals surface area contributed by atoms with Gasteiger partial charge in [-0.15, -0.1) is 0 Å². The van der Waals surface area contributed by atoms with E-state index < -0.39 is 29.2 Å². The highest BCUT2D eigenvalue weighted by molar-refractivity contribution is 5.86. The minimum absolute atomic E-state index is 0.121. The van der Waals surface area contributed by atoms with Crippen molar-refractivity contribution in [3.63, 3.8) is 0 Å². The van der Waals surface area contributed by atoms with Crippen LogP contribution in [-0.2, 0) is 11.2 Å². The van der Waals surface area contributed by atoms with Gasteiger partial charge in [0.15, 0.2) is 0 Å². The number of carboxylic acids is 1. The number of aromatic nitrogens is 1. The van der Waals surface area contributed by atoms with E-state index in [1.807, 2.05) is 29.2 Å². The van der Waals surface area contributed by atoms with E-state index in [-0.39, 0.29) is 17.7 Å². The minimum Gasteiger partial charge on any atom is -0.478 e. The Morgan fingerprint density at radius 3 is 2.58 bits per heavy atom. The summed E-state index contributed by atoms with van der Waals surface area (Å²) >= 11 is 0. The molecule has 1 aromatic heterocycles. The number of hydrogen-bond acceptors (Lipinski definition) is 3. The van der Waals surface area contributed by atoms with Gasteiger partial charge in [0.05, 0.1) is 11.6 Å². The Kier molecular flexibility index (Phi) is 5.41. The Hall–Kier alpha value is -3.03. The van der Waals surface area contributed by atoms with Gasteiger partial charge in [-0.2, -0.15) is 0 Å². The number of nitrogens with zero attached hydrogens (tertiary/aromatic N) is 1. The first-order valence-corrected chi connectivity index (χ1v) is 10.1. The number of H-pyrrole nitrogens is 1. The van der Waals surface area contributed by atoms with Crippen molar-refractivity contribution in [1.82, 2.24) is 9.88 Å². The van der Waals surface area contributed by atoms with E-state index in [9.17, 15) is 9.90 Å². The lowest BCUT2D eigenvalue weighted by Gasteiger charge is -2.39. The molecule has 5 nitrogen and oxygen atoms in total. The van der Waals surface area contributed by atoms with Crippen molar-refractivity contribution in [2.75, 3.05) is 13.1 Å². The molecular weight excluding hydrogens is 402 g/mol. The normalized spacial score (nSPS) is 17.4. The van der Waals surface area contributed by atoms with Crippen LogP contribution in [0, 0.1) is 11.6 Å². The zero-order chi connectivity index (χ0) is 22.3. The molecular formula is C24H24F2N2O3. The molecule has 0 fully saturated rings. The molecule has 0 bridgehead atoms. The number of carbonyl (C=O) groups is 1. The fourth-order valence-electron chi connectivity index (χ4n) is 4.41. The van der Waals surface area contributed by atoms with Gasteiger partial charge in [0.1, 0.15) is 11.6 Å². The van der Waals surface area contributed by atoms with Crippen molar-refractivity contribution in [1.29, 1.82) is 0 Å². The Balaban J connectivity index is 1.88. The molecule has 0 saturated carbocycles. The Labute approximate surface area is 178 Å². The van der Waals surface area contributed by atoms with E-state index in [1.165, 1.54) is 0 Å². The summed E-state index contributed by atoms with van der Waals surface area (Å²) in [5.74, 6) is -2.72. The summed E-state index contributed by atoms with van der Waals surface area (Å²) in [6.45, 7) is 4.09. The molecule has 0 spiro atoms. The standard InChI is InChI=1S/C24H24F2N2O3/c1-24(2,31)13-28-10-9-16-15-5-3-4-6-19(15)27-22(16)23(28)21-17(25)11-14(12-18(21)26)7-8-20(29)30/h3-8,11-12,23,27,31H,9-10,13H2,1-2H3,(H,29,30)/b8-7+. The van der Waals surface area contributed by atoms with Gasteiger partial charge >= 0.3 is 5.97 Å². The lowest BCUT2D eigenvalue weighted by Crippen LogP contribution is -2.45. The fraction of sp³-hybridized carbons (Fsp3) is 0.292. The van der Waals surface area contributed by atoms with Gasteiger partial charge in [-0.25, -0.2) is 13.6 Å². The third-order valence-corrected chi connectivity index (χ3v) is 5.52. The highest BCUT2D eigenvalue weighted by Gasteiger charge is 2.37. The number of carboxylic acid groups (broad SMARTS) is 1. The topological polar surface area (TPSA) is 76.6 Å². The van der Waals surface area contributed by atoms with Gasteiger partial charge in [0.2, 0.25) is 0 Å². The monoisotopic (exact) mass is 426 g/mol. The van der Waals surface area contributed by atoms with Crippen LogP contribution in [0.4, 0.5) is 8.78 Å². The summed E-state index contributed by atoms with van der Waals surface area (Å²) < 4.78 is 30.5. The molecule has 1 atom stereocenters. The van der Waals surface area contributed by atoms with Crippen LogP contribution in [0.2, 0.25) is 0 Å². The number of β-amino-alcohol motifs (C(OH)–C–C–N with tert-alkyl or cyclic N) is 1. The van der Waals surface area contributed by atoms with Gasteiger partial charge < -0.3 is 15.2 Å². The van der Waals surface area contributed by atoms with Crippen molar-refractivity contribution >= 4 is 22.9 Å². The van der Waals surface area contributed by atoms with Crippen LogP contribution >= 0.6 is 0 Å². The number of aliphatic hydroxyl groups is 1. The summed E-state index contributed by atoms with van der Waals surface area (Å²) in [4.78, 5) is 16.0. The number of hydrogen-bond donors (Lipinski definition) is 3. The molecule has 3 aromatic rings. The molecule has 162 valence electrons. The number of nitrogens with one attached hydrogen (secondary N) is 1. The third kappa shape index (κ3) is 4.24. The third-order valence-electron chi connectivity index (χ3n) is 5.52. The lowest BCUT2D eigenvalue weighted by molar-refractivity contribution is -0.131. The van der Waals surface area contributed by atoms with Crippen molar-refractivity contribution in [3.05, 3.63) is 76.5 Å². The molecule has 0 saturated heterocycles. The molecule has 4 rings (SSSR count). The van der Waals surface area contributed by atoms with Crippen LogP contribution < -0.4 is 0 Å². The number of rotatable bonds is 5. The predicted octanol–water partition coefficient (Wildman–Crippen LogP) is 4.26. The van der Waals surface area contributed by atoms with Crippen molar-refractivity contribution in [2.45, 2.75) is 31.9 Å². The number of benzene rings is 2. The fourth-order valence-corrected chi connectivity index (χ4v) is 4.41. The quantitative estimate of drug-likeness (QED) is 0.533. The molecule has 0 radical (unpaired) electrons. The molecule has 31 heavy (non-hydrogen) atoms. The summed E-state index contributed by atoms with van der Waals surface area (Å²) in [6, 6.07) is 9.27. The SMILES string of the molecule is CC(C)(O)CN1CCc2c([nH]c3ccccc23)C1c1c(F)cc(/C=C/C(=O)O)cc1F. The predicted molar refractivity (Wildman–Crippen MR) is 115 cm³/mol. The van der Waals surface area contributed by atoms with Gasteiger partial charge in [0, 0.05) is 41.3 Å². The molecule has 2 aromatic carbocycles. The van der Waals surface area contributed by atoms with Crippen LogP contribution in [-0.4, -0.2) is 44.8 Å². The average Bonchev–Trinajstić information content (AvgIpc) is 3.05. The van der Waals surface area contributed by atoms with Crippen molar-refractivity contribution < 1.29 is 23.8 Å². The van der Waals surface area contributed by atoms with Crippen LogP contribution in [0.25, 0.3) is 17.0 Å². The molecule has 1 unspecified atom stereocenters. The molecule has 2 heterocycles. The second kappa shape index (κ2) is 7.90. The summed E-state index contributed by atoms with van der Waals surface area (Å²) in [5, 5.41) is 20.2. The van der Waals surface area contributed by atoms with Gasteiger partial charge in [-0.05, 0) is 55.7 Å². The molecule has 7 heteroatoms. The van der Waals surface area contributed by atoms with Crippen molar-refractivity contribution in [3.8, 4) is 0 Å². The van der Waals surface area contributed by atoms with Gasteiger partial charge in [-0.1, -0.05) is 18.2 Å². The minimum atomic E-state index is -1.20. The van der Waals surface area contributed by atoms with E-state index in [1.54, 1.807) is 13.8 Å². The summed E-state index contributed by atoms with van der Waals surface area (Å²) in [5.41, 5.74) is 1.57. The molecule has 0 aliphatic carbocycles. The first-order valence-electron chi connectivity index (χ1n) is 10.1. The molecule has 3 N–H and O–H groups in total. The molecule has 1 aliphatic heterocycles.